The number of sulfonamides is 1. The fraction of sp³-hybridized carbons (Fsp3) is 0.389. The van der Waals surface area contributed by atoms with E-state index in [9.17, 15) is 8.42 Å². The van der Waals surface area contributed by atoms with E-state index in [1.54, 1.807) is 36.5 Å². The van der Waals surface area contributed by atoms with E-state index in [1.165, 1.54) is 4.31 Å². The van der Waals surface area contributed by atoms with Crippen LogP contribution in [0.2, 0.25) is 0 Å². The van der Waals surface area contributed by atoms with Crippen molar-refractivity contribution in [1.29, 1.82) is 0 Å². The molecule has 0 amide bonds. The van der Waals surface area contributed by atoms with Crippen LogP contribution in [0.15, 0.2) is 52.0 Å². The number of hydrogen-bond acceptors (Lipinski definition) is 5. The van der Waals surface area contributed by atoms with Gasteiger partial charge in [-0.2, -0.15) is 4.31 Å². The molecule has 1 aliphatic rings. The van der Waals surface area contributed by atoms with Crippen LogP contribution in [-0.4, -0.2) is 43.0 Å². The number of pyridine rings is 1. The second kappa shape index (κ2) is 7.94. The maximum atomic E-state index is 12.8. The van der Waals surface area contributed by atoms with Crippen LogP contribution in [0.25, 0.3) is 0 Å². The minimum atomic E-state index is -3.55. The Labute approximate surface area is 162 Å². The number of hydrogen-bond donors (Lipinski definition) is 0. The molecule has 1 aliphatic heterocycles. The number of halogens is 1. The molecule has 3 rings (SSSR count). The summed E-state index contributed by atoms with van der Waals surface area (Å²) in [5, 5.41) is 0. The van der Waals surface area contributed by atoms with Crippen LogP contribution >= 0.6 is 15.9 Å². The van der Waals surface area contributed by atoms with Crippen molar-refractivity contribution in [3.8, 4) is 11.6 Å². The summed E-state index contributed by atoms with van der Waals surface area (Å²) in [6.45, 7) is 4.57. The van der Waals surface area contributed by atoms with Gasteiger partial charge in [0, 0.05) is 12.7 Å². The normalized spacial score (nSPS) is 18.2. The van der Waals surface area contributed by atoms with Gasteiger partial charge in [-0.25, -0.2) is 13.4 Å². The number of benzene rings is 1. The van der Waals surface area contributed by atoms with E-state index in [1.807, 2.05) is 19.9 Å². The van der Waals surface area contributed by atoms with Gasteiger partial charge >= 0.3 is 0 Å². The van der Waals surface area contributed by atoms with Gasteiger partial charge in [-0.15, -0.1) is 0 Å². The third-order valence-electron chi connectivity index (χ3n) is 3.94. The van der Waals surface area contributed by atoms with Gasteiger partial charge in [0.2, 0.25) is 15.9 Å². The summed E-state index contributed by atoms with van der Waals surface area (Å²) in [6.07, 6.45) is 2.08. The largest absolute Gasteiger partial charge is 0.491 e. The van der Waals surface area contributed by atoms with Crippen LogP contribution in [-0.2, 0) is 10.0 Å². The lowest BCUT2D eigenvalue weighted by atomic mass is 10.3. The second-order valence-electron chi connectivity index (χ2n) is 6.32. The highest BCUT2D eigenvalue weighted by Crippen LogP contribution is 2.27. The number of ether oxygens (including phenoxy) is 2. The molecule has 0 spiro atoms. The predicted molar refractivity (Wildman–Crippen MR) is 102 cm³/mol. The van der Waals surface area contributed by atoms with Crippen molar-refractivity contribution >= 4 is 26.0 Å². The lowest BCUT2D eigenvalue weighted by Gasteiger charge is -2.18. The highest BCUT2D eigenvalue weighted by molar-refractivity contribution is 9.10. The van der Waals surface area contributed by atoms with Gasteiger partial charge in [-0.1, -0.05) is 0 Å². The molecule has 1 fully saturated rings. The van der Waals surface area contributed by atoms with E-state index in [0.717, 1.165) is 4.47 Å². The minimum absolute atomic E-state index is 0.0415. The van der Waals surface area contributed by atoms with E-state index in [0.29, 0.717) is 31.1 Å². The van der Waals surface area contributed by atoms with Crippen LogP contribution in [0.5, 0.6) is 11.6 Å². The fourth-order valence-electron chi connectivity index (χ4n) is 2.74. The first-order valence-corrected chi connectivity index (χ1v) is 10.6. The number of aromatic nitrogens is 1. The van der Waals surface area contributed by atoms with Crippen LogP contribution in [0.1, 0.15) is 20.3 Å². The molecule has 0 bridgehead atoms. The summed E-state index contributed by atoms with van der Waals surface area (Å²) in [4.78, 5) is 4.43. The predicted octanol–water partition coefficient (Wildman–Crippen LogP) is 3.47. The standard InChI is InChI=1S/C18H21BrN2O4S/c1-13(2)24-14-5-7-16(8-6-14)26(22,23)21-11-9-15(12-21)25-18-17(19)4-3-10-20-18/h3-8,10,13,15H,9,11-12H2,1-2H3. The van der Waals surface area contributed by atoms with E-state index >= 15 is 0 Å². The van der Waals surface area contributed by atoms with Crippen molar-refractivity contribution in [2.75, 3.05) is 13.1 Å². The Bertz CT molecular complexity index is 856. The van der Waals surface area contributed by atoms with Gasteiger partial charge in [-0.3, -0.25) is 0 Å². The third-order valence-corrected chi connectivity index (χ3v) is 6.43. The molecule has 0 saturated carbocycles. The SMILES string of the molecule is CC(C)Oc1ccc(S(=O)(=O)N2CCC(Oc3ncccc3Br)C2)cc1. The Hall–Kier alpha value is -1.64. The summed E-state index contributed by atoms with van der Waals surface area (Å²) < 4.78 is 39.3. The Morgan fingerprint density at radius 1 is 1.23 bits per heavy atom. The summed E-state index contributed by atoms with van der Waals surface area (Å²) in [5.74, 6) is 1.13. The van der Waals surface area contributed by atoms with Gasteiger partial charge in [-0.05, 0) is 72.6 Å². The van der Waals surface area contributed by atoms with Crippen LogP contribution in [0.3, 0.4) is 0 Å². The van der Waals surface area contributed by atoms with Crippen molar-refractivity contribution in [2.24, 2.45) is 0 Å². The van der Waals surface area contributed by atoms with Gasteiger partial charge < -0.3 is 9.47 Å². The average Bonchev–Trinajstić information content (AvgIpc) is 3.06. The van der Waals surface area contributed by atoms with Crippen molar-refractivity contribution in [1.82, 2.24) is 9.29 Å². The van der Waals surface area contributed by atoms with Crippen LogP contribution in [0, 0.1) is 0 Å². The molecular weight excluding hydrogens is 420 g/mol. The van der Waals surface area contributed by atoms with Crippen molar-refractivity contribution < 1.29 is 17.9 Å². The highest BCUT2D eigenvalue weighted by Gasteiger charge is 2.34. The molecule has 2 aromatic rings. The molecule has 26 heavy (non-hydrogen) atoms. The Morgan fingerprint density at radius 2 is 1.96 bits per heavy atom. The van der Waals surface area contributed by atoms with Crippen LogP contribution < -0.4 is 9.47 Å². The quantitative estimate of drug-likeness (QED) is 0.687. The topological polar surface area (TPSA) is 68.7 Å². The smallest absolute Gasteiger partial charge is 0.243 e. The average molecular weight is 441 g/mol. The first kappa shape index (κ1) is 19.1. The molecule has 140 valence electrons. The monoisotopic (exact) mass is 440 g/mol. The summed E-state index contributed by atoms with van der Waals surface area (Å²) in [5.41, 5.74) is 0. The molecule has 1 aromatic heterocycles. The Kier molecular flexibility index (Phi) is 5.84. The summed E-state index contributed by atoms with van der Waals surface area (Å²) in [7, 11) is -3.55. The molecular formula is C18H21BrN2O4S. The van der Waals surface area contributed by atoms with Gasteiger partial charge in [0.1, 0.15) is 11.9 Å². The molecule has 0 N–H and O–H groups in total. The first-order chi connectivity index (χ1) is 12.4. The number of nitrogens with zero attached hydrogens (tertiary/aromatic N) is 2. The number of rotatable bonds is 6. The summed E-state index contributed by atoms with van der Waals surface area (Å²) in [6, 6.07) is 10.2. The molecule has 1 saturated heterocycles. The first-order valence-electron chi connectivity index (χ1n) is 8.40. The molecule has 6 nitrogen and oxygen atoms in total. The van der Waals surface area contributed by atoms with Crippen LogP contribution in [0.4, 0.5) is 0 Å². The highest BCUT2D eigenvalue weighted by atomic mass is 79.9. The molecule has 1 aromatic carbocycles. The lowest BCUT2D eigenvalue weighted by molar-refractivity contribution is 0.205. The molecule has 1 unspecified atom stereocenters. The molecule has 1 atom stereocenters. The molecule has 0 radical (unpaired) electrons. The van der Waals surface area contributed by atoms with E-state index < -0.39 is 10.0 Å². The van der Waals surface area contributed by atoms with Gasteiger partial charge in [0.25, 0.3) is 0 Å². The molecule has 8 heteroatoms. The van der Waals surface area contributed by atoms with Crippen molar-refractivity contribution in [3.63, 3.8) is 0 Å². The summed E-state index contributed by atoms with van der Waals surface area (Å²) >= 11 is 3.39. The van der Waals surface area contributed by atoms with E-state index in [4.69, 9.17) is 9.47 Å². The maximum absolute atomic E-state index is 12.8. The zero-order valence-electron chi connectivity index (χ0n) is 14.6. The second-order valence-corrected chi connectivity index (χ2v) is 9.11. The van der Waals surface area contributed by atoms with Gasteiger partial charge in [0.05, 0.1) is 22.0 Å². The minimum Gasteiger partial charge on any atom is -0.491 e. The fourth-order valence-corrected chi connectivity index (χ4v) is 4.57. The zero-order chi connectivity index (χ0) is 18.7. The van der Waals surface area contributed by atoms with Crippen molar-refractivity contribution in [3.05, 3.63) is 47.1 Å². The lowest BCUT2D eigenvalue weighted by Crippen LogP contribution is -2.31. The zero-order valence-corrected chi connectivity index (χ0v) is 17.0. The van der Waals surface area contributed by atoms with Crippen molar-refractivity contribution in [2.45, 2.75) is 37.4 Å². The van der Waals surface area contributed by atoms with E-state index in [2.05, 4.69) is 20.9 Å². The van der Waals surface area contributed by atoms with E-state index in [-0.39, 0.29) is 17.1 Å². The Morgan fingerprint density at radius 3 is 2.62 bits per heavy atom. The Balaban J connectivity index is 1.68. The third kappa shape index (κ3) is 4.36. The molecule has 2 heterocycles. The maximum Gasteiger partial charge on any atom is 0.243 e. The van der Waals surface area contributed by atoms with Gasteiger partial charge in [0.15, 0.2) is 0 Å². The molecule has 0 aliphatic carbocycles.